The van der Waals surface area contributed by atoms with Crippen LogP contribution in [0.15, 0.2) is 24.3 Å². The molecule has 2 rings (SSSR count). The van der Waals surface area contributed by atoms with E-state index in [-0.39, 0.29) is 10.6 Å². The first kappa shape index (κ1) is 12.8. The topological polar surface area (TPSA) is 49.6 Å². The molecule has 5 heteroatoms. The molecule has 0 N–H and O–H groups in total. The number of rotatable bonds is 2. The van der Waals surface area contributed by atoms with Gasteiger partial charge in [0.25, 0.3) is 5.69 Å². The fourth-order valence-corrected chi connectivity index (χ4v) is 2.40. The van der Waals surface area contributed by atoms with Gasteiger partial charge in [-0.05, 0) is 33.0 Å². The molecule has 0 aromatic heterocycles. The van der Waals surface area contributed by atoms with E-state index in [1.807, 2.05) is 12.1 Å². The van der Waals surface area contributed by atoms with Crippen LogP contribution in [0.1, 0.15) is 13.8 Å². The standard InChI is InChI=1S/C13H19N3O2/c1-10-8-15(9-11(2)14(10)3)12-4-6-13(7-5-12)16(17)18/h4-7,10-11H,8-9H2,1-3H3. The Bertz CT molecular complexity index is 420. The molecule has 1 saturated heterocycles. The summed E-state index contributed by atoms with van der Waals surface area (Å²) in [4.78, 5) is 14.9. The monoisotopic (exact) mass is 249 g/mol. The van der Waals surface area contributed by atoms with Crippen LogP contribution in [-0.4, -0.2) is 42.0 Å². The molecule has 0 saturated carbocycles. The Morgan fingerprint density at radius 3 is 2.11 bits per heavy atom. The molecule has 18 heavy (non-hydrogen) atoms. The number of nitro benzene ring substituents is 1. The van der Waals surface area contributed by atoms with Crippen LogP contribution in [0.5, 0.6) is 0 Å². The summed E-state index contributed by atoms with van der Waals surface area (Å²) in [6.07, 6.45) is 0. The summed E-state index contributed by atoms with van der Waals surface area (Å²) in [5.41, 5.74) is 1.21. The predicted octanol–water partition coefficient (Wildman–Crippen LogP) is 2.12. The molecule has 1 fully saturated rings. The Hall–Kier alpha value is -1.62. The lowest BCUT2D eigenvalue weighted by atomic mass is 10.1. The van der Waals surface area contributed by atoms with E-state index in [1.54, 1.807) is 12.1 Å². The summed E-state index contributed by atoms with van der Waals surface area (Å²) in [6.45, 7) is 6.32. The van der Waals surface area contributed by atoms with Crippen molar-refractivity contribution in [1.82, 2.24) is 4.90 Å². The molecule has 0 bridgehead atoms. The Morgan fingerprint density at radius 1 is 1.17 bits per heavy atom. The average molecular weight is 249 g/mol. The van der Waals surface area contributed by atoms with Crippen LogP contribution in [0.4, 0.5) is 11.4 Å². The van der Waals surface area contributed by atoms with E-state index in [0.717, 1.165) is 18.8 Å². The first-order valence-corrected chi connectivity index (χ1v) is 6.20. The van der Waals surface area contributed by atoms with Gasteiger partial charge in [-0.2, -0.15) is 0 Å². The van der Waals surface area contributed by atoms with Gasteiger partial charge >= 0.3 is 0 Å². The van der Waals surface area contributed by atoms with E-state index >= 15 is 0 Å². The van der Waals surface area contributed by atoms with Crippen LogP contribution in [-0.2, 0) is 0 Å². The smallest absolute Gasteiger partial charge is 0.269 e. The molecular weight excluding hydrogens is 230 g/mol. The number of non-ortho nitro benzene ring substituents is 1. The van der Waals surface area contributed by atoms with Crippen molar-refractivity contribution in [3.05, 3.63) is 34.4 Å². The molecule has 1 aromatic rings. The van der Waals surface area contributed by atoms with Crippen molar-refractivity contribution in [3.8, 4) is 0 Å². The highest BCUT2D eigenvalue weighted by molar-refractivity contribution is 5.51. The highest BCUT2D eigenvalue weighted by Gasteiger charge is 2.26. The zero-order valence-corrected chi connectivity index (χ0v) is 11.0. The highest BCUT2D eigenvalue weighted by Crippen LogP contribution is 2.23. The predicted molar refractivity (Wildman–Crippen MR) is 72.0 cm³/mol. The number of nitro groups is 1. The summed E-state index contributed by atoms with van der Waals surface area (Å²) >= 11 is 0. The van der Waals surface area contributed by atoms with Gasteiger partial charge in [-0.15, -0.1) is 0 Å². The van der Waals surface area contributed by atoms with Crippen molar-refractivity contribution in [2.45, 2.75) is 25.9 Å². The van der Waals surface area contributed by atoms with Crippen molar-refractivity contribution < 1.29 is 4.92 Å². The third-order valence-corrected chi connectivity index (χ3v) is 3.79. The maximum atomic E-state index is 10.6. The van der Waals surface area contributed by atoms with Gasteiger partial charge in [-0.25, -0.2) is 0 Å². The van der Waals surface area contributed by atoms with E-state index in [2.05, 4.69) is 30.7 Å². The van der Waals surface area contributed by atoms with Gasteiger partial charge in [0.05, 0.1) is 4.92 Å². The Labute approximate surface area is 107 Å². The minimum absolute atomic E-state index is 0.147. The summed E-state index contributed by atoms with van der Waals surface area (Å²) in [5.74, 6) is 0. The van der Waals surface area contributed by atoms with Gasteiger partial charge in [0.1, 0.15) is 0 Å². The van der Waals surface area contributed by atoms with Gasteiger partial charge < -0.3 is 4.90 Å². The molecule has 1 aromatic carbocycles. The third kappa shape index (κ3) is 2.46. The van der Waals surface area contributed by atoms with Crippen LogP contribution in [0.3, 0.4) is 0 Å². The summed E-state index contributed by atoms with van der Waals surface area (Å²) in [7, 11) is 2.14. The van der Waals surface area contributed by atoms with E-state index in [4.69, 9.17) is 0 Å². The molecule has 5 nitrogen and oxygen atoms in total. The number of nitrogens with zero attached hydrogens (tertiary/aromatic N) is 3. The largest absolute Gasteiger partial charge is 0.368 e. The minimum Gasteiger partial charge on any atom is -0.368 e. The molecule has 1 aliphatic rings. The second kappa shape index (κ2) is 4.94. The van der Waals surface area contributed by atoms with E-state index < -0.39 is 0 Å². The molecule has 1 heterocycles. The van der Waals surface area contributed by atoms with Crippen LogP contribution < -0.4 is 4.90 Å². The molecule has 98 valence electrons. The minimum atomic E-state index is -0.362. The molecule has 2 atom stereocenters. The maximum Gasteiger partial charge on any atom is 0.269 e. The van der Waals surface area contributed by atoms with Crippen molar-refractivity contribution in [2.24, 2.45) is 0 Å². The Balaban J connectivity index is 2.14. The van der Waals surface area contributed by atoms with Gasteiger partial charge in [-0.1, -0.05) is 0 Å². The van der Waals surface area contributed by atoms with Gasteiger partial charge in [0.15, 0.2) is 0 Å². The van der Waals surface area contributed by atoms with Gasteiger partial charge in [0.2, 0.25) is 0 Å². The number of likely N-dealkylation sites (N-methyl/N-ethyl adjacent to an activating group) is 1. The fraction of sp³-hybridized carbons (Fsp3) is 0.538. The molecule has 0 aliphatic carbocycles. The zero-order valence-electron chi connectivity index (χ0n) is 11.0. The third-order valence-electron chi connectivity index (χ3n) is 3.79. The second-order valence-corrected chi connectivity index (χ2v) is 5.04. The van der Waals surface area contributed by atoms with Crippen molar-refractivity contribution in [1.29, 1.82) is 0 Å². The van der Waals surface area contributed by atoms with Gasteiger partial charge in [-0.3, -0.25) is 15.0 Å². The lowest BCUT2D eigenvalue weighted by molar-refractivity contribution is -0.384. The molecular formula is C13H19N3O2. The highest BCUT2D eigenvalue weighted by atomic mass is 16.6. The molecule has 0 radical (unpaired) electrons. The van der Waals surface area contributed by atoms with Crippen LogP contribution in [0.2, 0.25) is 0 Å². The quantitative estimate of drug-likeness (QED) is 0.595. The Kier molecular flexibility index (Phi) is 3.52. The van der Waals surface area contributed by atoms with Crippen molar-refractivity contribution in [3.63, 3.8) is 0 Å². The van der Waals surface area contributed by atoms with Crippen molar-refractivity contribution >= 4 is 11.4 Å². The SMILES string of the molecule is CC1CN(c2ccc([N+](=O)[O-])cc2)CC(C)N1C. The lowest BCUT2D eigenvalue weighted by Crippen LogP contribution is -2.55. The summed E-state index contributed by atoms with van der Waals surface area (Å²) in [5, 5.41) is 10.6. The molecule has 2 unspecified atom stereocenters. The van der Waals surface area contributed by atoms with Crippen LogP contribution in [0, 0.1) is 10.1 Å². The van der Waals surface area contributed by atoms with Crippen molar-refractivity contribution in [2.75, 3.05) is 25.0 Å². The van der Waals surface area contributed by atoms with E-state index in [1.165, 1.54) is 0 Å². The van der Waals surface area contributed by atoms with E-state index in [9.17, 15) is 10.1 Å². The lowest BCUT2D eigenvalue weighted by Gasteiger charge is -2.43. The Morgan fingerprint density at radius 2 is 1.67 bits per heavy atom. The maximum absolute atomic E-state index is 10.6. The zero-order chi connectivity index (χ0) is 13.3. The number of benzene rings is 1. The number of hydrogen-bond donors (Lipinski definition) is 0. The van der Waals surface area contributed by atoms with E-state index in [0.29, 0.717) is 12.1 Å². The molecule has 0 spiro atoms. The fourth-order valence-electron chi connectivity index (χ4n) is 2.40. The van der Waals surface area contributed by atoms with Gasteiger partial charge in [0, 0.05) is 43.0 Å². The molecule has 1 aliphatic heterocycles. The molecule has 0 amide bonds. The number of hydrogen-bond acceptors (Lipinski definition) is 4. The summed E-state index contributed by atoms with van der Waals surface area (Å²) < 4.78 is 0. The number of anilines is 1. The normalized spacial score (nSPS) is 25.2. The average Bonchev–Trinajstić information content (AvgIpc) is 2.35. The van der Waals surface area contributed by atoms with Crippen LogP contribution >= 0.6 is 0 Å². The first-order chi connectivity index (χ1) is 8.49. The number of piperazine rings is 1. The second-order valence-electron chi connectivity index (χ2n) is 5.04. The van der Waals surface area contributed by atoms with Crippen LogP contribution in [0.25, 0.3) is 0 Å². The summed E-state index contributed by atoms with van der Waals surface area (Å²) in [6, 6.07) is 7.80. The first-order valence-electron chi connectivity index (χ1n) is 6.20.